The SMILES string of the molecule is COc1c([C@H](CC=O)NC(=O)OC(C)(C)C)c(C)nn1C. The molecule has 1 rings (SSSR count). The van der Waals surface area contributed by atoms with Crippen LogP contribution in [0.2, 0.25) is 0 Å². The molecule has 7 nitrogen and oxygen atoms in total. The molecular weight excluding hydrogens is 274 g/mol. The summed E-state index contributed by atoms with van der Waals surface area (Å²) in [4.78, 5) is 22.8. The number of aromatic nitrogens is 2. The van der Waals surface area contributed by atoms with Crippen LogP contribution in [0.25, 0.3) is 0 Å². The molecule has 0 aromatic carbocycles. The Hall–Kier alpha value is -2.05. The first kappa shape index (κ1) is 17.0. The van der Waals surface area contributed by atoms with Crippen LogP contribution in [0.15, 0.2) is 0 Å². The second kappa shape index (κ2) is 6.60. The molecule has 0 fully saturated rings. The van der Waals surface area contributed by atoms with Gasteiger partial charge in [-0.1, -0.05) is 0 Å². The Bertz CT molecular complexity index is 517. The Labute approximate surface area is 124 Å². The van der Waals surface area contributed by atoms with Crippen LogP contribution in [-0.4, -0.2) is 34.9 Å². The second-order valence-electron chi connectivity index (χ2n) is 5.73. The van der Waals surface area contributed by atoms with Gasteiger partial charge in [-0.2, -0.15) is 5.10 Å². The maximum Gasteiger partial charge on any atom is 0.408 e. The summed E-state index contributed by atoms with van der Waals surface area (Å²) in [5.74, 6) is 0.510. The van der Waals surface area contributed by atoms with E-state index in [1.54, 1.807) is 39.4 Å². The highest BCUT2D eigenvalue weighted by Gasteiger charge is 2.26. The number of hydrogen-bond acceptors (Lipinski definition) is 5. The molecule has 0 aliphatic carbocycles. The van der Waals surface area contributed by atoms with E-state index in [1.165, 1.54) is 7.11 Å². The van der Waals surface area contributed by atoms with E-state index >= 15 is 0 Å². The summed E-state index contributed by atoms with van der Waals surface area (Å²) >= 11 is 0. The standard InChI is InChI=1S/C14H23N3O4/c1-9-11(12(20-6)17(5)16-9)10(7-8-18)15-13(19)21-14(2,3)4/h8,10H,7H2,1-6H3,(H,15,19)/t10-/m0/s1. The van der Waals surface area contributed by atoms with Crippen molar-refractivity contribution in [3.8, 4) is 5.88 Å². The summed E-state index contributed by atoms with van der Waals surface area (Å²) in [6.07, 6.45) is 0.274. The van der Waals surface area contributed by atoms with E-state index in [-0.39, 0.29) is 6.42 Å². The number of carbonyl (C=O) groups excluding carboxylic acids is 2. The van der Waals surface area contributed by atoms with Gasteiger partial charge in [0.25, 0.3) is 0 Å². The van der Waals surface area contributed by atoms with Gasteiger partial charge in [0, 0.05) is 13.5 Å². The second-order valence-corrected chi connectivity index (χ2v) is 5.73. The average Bonchev–Trinajstić information content (AvgIpc) is 2.60. The zero-order valence-corrected chi connectivity index (χ0v) is 13.4. The van der Waals surface area contributed by atoms with Crippen LogP contribution in [0, 0.1) is 6.92 Å². The lowest BCUT2D eigenvalue weighted by atomic mass is 10.1. The van der Waals surface area contributed by atoms with Crippen molar-refractivity contribution in [3.63, 3.8) is 0 Å². The molecule has 0 aliphatic heterocycles. The number of ether oxygens (including phenoxy) is 2. The zero-order chi connectivity index (χ0) is 16.2. The first-order valence-electron chi connectivity index (χ1n) is 6.70. The number of aldehydes is 1. The molecule has 1 N–H and O–H groups in total. The Morgan fingerprint density at radius 2 is 2.10 bits per heavy atom. The number of nitrogens with one attached hydrogen (secondary N) is 1. The highest BCUT2D eigenvalue weighted by atomic mass is 16.6. The maximum atomic E-state index is 11.9. The smallest absolute Gasteiger partial charge is 0.408 e. The number of nitrogens with zero attached hydrogens (tertiary/aromatic N) is 2. The number of rotatable bonds is 5. The number of carbonyl (C=O) groups is 2. The van der Waals surface area contributed by atoms with E-state index in [0.717, 1.165) is 6.29 Å². The lowest BCUT2D eigenvalue weighted by Crippen LogP contribution is -2.35. The first-order valence-corrected chi connectivity index (χ1v) is 6.70. The summed E-state index contributed by atoms with van der Waals surface area (Å²) in [6.45, 7) is 7.12. The quantitative estimate of drug-likeness (QED) is 0.839. The van der Waals surface area contributed by atoms with E-state index in [1.807, 2.05) is 0 Å². The van der Waals surface area contributed by atoms with E-state index < -0.39 is 17.7 Å². The molecular formula is C14H23N3O4. The molecule has 0 bridgehead atoms. The number of methoxy groups -OCH3 is 1. The third-order valence-corrected chi connectivity index (χ3v) is 2.78. The summed E-state index contributed by atoms with van der Waals surface area (Å²) in [7, 11) is 3.26. The first-order chi connectivity index (χ1) is 9.69. The highest BCUT2D eigenvalue weighted by molar-refractivity contribution is 5.69. The van der Waals surface area contributed by atoms with Crippen LogP contribution < -0.4 is 10.1 Å². The van der Waals surface area contributed by atoms with E-state index in [9.17, 15) is 9.59 Å². The molecule has 0 saturated carbocycles. The van der Waals surface area contributed by atoms with Crippen LogP contribution in [0.4, 0.5) is 4.79 Å². The molecule has 118 valence electrons. The van der Waals surface area contributed by atoms with Crippen molar-refractivity contribution in [1.82, 2.24) is 15.1 Å². The molecule has 0 spiro atoms. The van der Waals surface area contributed by atoms with Gasteiger partial charge in [-0.3, -0.25) is 0 Å². The normalized spacial score (nSPS) is 12.7. The molecule has 1 aromatic rings. The van der Waals surface area contributed by atoms with Crippen molar-refractivity contribution < 1.29 is 19.1 Å². The van der Waals surface area contributed by atoms with Gasteiger partial charge in [0.1, 0.15) is 11.9 Å². The molecule has 21 heavy (non-hydrogen) atoms. The van der Waals surface area contributed by atoms with Gasteiger partial charge in [-0.15, -0.1) is 0 Å². The monoisotopic (exact) mass is 297 g/mol. The third-order valence-electron chi connectivity index (χ3n) is 2.78. The summed E-state index contributed by atoms with van der Waals surface area (Å²) in [5.41, 5.74) is 0.763. The van der Waals surface area contributed by atoms with Crippen molar-refractivity contribution in [1.29, 1.82) is 0 Å². The Kier molecular flexibility index (Phi) is 5.34. The molecule has 1 aromatic heterocycles. The summed E-state index contributed by atoms with van der Waals surface area (Å²) < 4.78 is 12.1. The largest absolute Gasteiger partial charge is 0.481 e. The van der Waals surface area contributed by atoms with Crippen molar-refractivity contribution in [2.45, 2.75) is 45.8 Å². The van der Waals surface area contributed by atoms with Gasteiger partial charge in [-0.05, 0) is 27.7 Å². The minimum Gasteiger partial charge on any atom is -0.481 e. The fourth-order valence-electron chi connectivity index (χ4n) is 2.09. The topological polar surface area (TPSA) is 82.4 Å². The number of amides is 1. The van der Waals surface area contributed by atoms with E-state index in [4.69, 9.17) is 9.47 Å². The molecule has 7 heteroatoms. The molecule has 0 saturated heterocycles. The predicted molar refractivity (Wildman–Crippen MR) is 77.3 cm³/mol. The van der Waals surface area contributed by atoms with Gasteiger partial charge in [0.15, 0.2) is 0 Å². The van der Waals surface area contributed by atoms with Gasteiger partial charge in [0.2, 0.25) is 5.88 Å². The summed E-state index contributed by atoms with van der Waals surface area (Å²) in [6, 6.07) is -0.541. The lowest BCUT2D eigenvalue weighted by Gasteiger charge is -2.23. The Morgan fingerprint density at radius 1 is 1.48 bits per heavy atom. The lowest BCUT2D eigenvalue weighted by molar-refractivity contribution is -0.108. The number of hydrogen-bond donors (Lipinski definition) is 1. The van der Waals surface area contributed by atoms with Crippen LogP contribution >= 0.6 is 0 Å². The fourth-order valence-corrected chi connectivity index (χ4v) is 2.09. The zero-order valence-electron chi connectivity index (χ0n) is 13.4. The van der Waals surface area contributed by atoms with E-state index in [0.29, 0.717) is 17.1 Å². The molecule has 1 amide bonds. The number of aryl methyl sites for hydroxylation is 2. The molecule has 0 aliphatic rings. The van der Waals surface area contributed by atoms with Gasteiger partial charge >= 0.3 is 6.09 Å². The Morgan fingerprint density at radius 3 is 2.57 bits per heavy atom. The van der Waals surface area contributed by atoms with Crippen molar-refractivity contribution >= 4 is 12.4 Å². The highest BCUT2D eigenvalue weighted by Crippen LogP contribution is 2.29. The third kappa shape index (κ3) is 4.47. The van der Waals surface area contributed by atoms with Crippen molar-refractivity contribution in [2.24, 2.45) is 7.05 Å². The molecule has 0 radical (unpaired) electrons. The van der Waals surface area contributed by atoms with Crippen LogP contribution in [0.5, 0.6) is 5.88 Å². The van der Waals surface area contributed by atoms with Crippen molar-refractivity contribution in [2.75, 3.05) is 7.11 Å². The molecule has 1 atom stereocenters. The van der Waals surface area contributed by atoms with Crippen LogP contribution in [-0.2, 0) is 16.6 Å². The van der Waals surface area contributed by atoms with E-state index in [2.05, 4.69) is 10.4 Å². The van der Waals surface area contributed by atoms with Gasteiger partial charge in [-0.25, -0.2) is 9.48 Å². The Balaban J connectivity index is 3.02. The predicted octanol–water partition coefficient (Wildman–Crippen LogP) is 1.89. The average molecular weight is 297 g/mol. The molecule has 1 heterocycles. The van der Waals surface area contributed by atoms with Gasteiger partial charge in [0.05, 0.1) is 24.4 Å². The molecule has 0 unspecified atom stereocenters. The minimum atomic E-state index is -0.607. The minimum absolute atomic E-state index is 0.113. The van der Waals surface area contributed by atoms with Crippen LogP contribution in [0.3, 0.4) is 0 Å². The van der Waals surface area contributed by atoms with Crippen molar-refractivity contribution in [3.05, 3.63) is 11.3 Å². The fraction of sp³-hybridized carbons (Fsp3) is 0.643. The van der Waals surface area contributed by atoms with Crippen LogP contribution in [0.1, 0.15) is 44.5 Å². The number of alkyl carbamates (subject to hydrolysis) is 1. The summed E-state index contributed by atoms with van der Waals surface area (Å²) in [5, 5.41) is 6.94. The van der Waals surface area contributed by atoms with Gasteiger partial charge < -0.3 is 19.6 Å². The maximum absolute atomic E-state index is 11.9.